The van der Waals surface area contributed by atoms with Crippen molar-refractivity contribution in [2.75, 3.05) is 13.6 Å². The van der Waals surface area contributed by atoms with Gasteiger partial charge >= 0.3 is 0 Å². The van der Waals surface area contributed by atoms with Gasteiger partial charge in [0.05, 0.1) is 0 Å². The van der Waals surface area contributed by atoms with Crippen LogP contribution in [0.1, 0.15) is 39.2 Å². The third-order valence-corrected chi connectivity index (χ3v) is 4.44. The third kappa shape index (κ3) is 4.84. The number of piperidine rings is 1. The van der Waals surface area contributed by atoms with E-state index in [-0.39, 0.29) is 6.15 Å². The SMILES string of the molecule is CC1CCCN(C)C1(C)C.Cc1ccccc1O.N. The van der Waals surface area contributed by atoms with Gasteiger partial charge in [0, 0.05) is 5.54 Å². The fourth-order valence-electron chi connectivity index (χ4n) is 2.22. The van der Waals surface area contributed by atoms with Crippen molar-refractivity contribution in [2.45, 2.75) is 46.1 Å². The summed E-state index contributed by atoms with van der Waals surface area (Å²) in [7, 11) is 2.23. The van der Waals surface area contributed by atoms with Crippen LogP contribution in [0.15, 0.2) is 24.3 Å². The molecule has 19 heavy (non-hydrogen) atoms. The van der Waals surface area contributed by atoms with Gasteiger partial charge in [-0.3, -0.25) is 0 Å². The van der Waals surface area contributed by atoms with Crippen LogP contribution in [0.4, 0.5) is 0 Å². The van der Waals surface area contributed by atoms with Crippen molar-refractivity contribution < 1.29 is 5.11 Å². The van der Waals surface area contributed by atoms with Crippen LogP contribution in [0.5, 0.6) is 5.75 Å². The Labute approximate surface area is 118 Å². The van der Waals surface area contributed by atoms with E-state index in [4.69, 9.17) is 5.11 Å². The molecule has 1 saturated heterocycles. The highest BCUT2D eigenvalue weighted by Gasteiger charge is 2.32. The van der Waals surface area contributed by atoms with Crippen LogP contribution in [-0.2, 0) is 0 Å². The monoisotopic (exact) mass is 266 g/mol. The Morgan fingerprint density at radius 2 is 1.84 bits per heavy atom. The van der Waals surface area contributed by atoms with Gasteiger partial charge < -0.3 is 16.2 Å². The minimum absolute atomic E-state index is 0. The summed E-state index contributed by atoms with van der Waals surface area (Å²) in [4.78, 5) is 2.47. The van der Waals surface area contributed by atoms with Gasteiger partial charge in [0.25, 0.3) is 0 Å². The molecule has 3 heteroatoms. The molecule has 0 spiro atoms. The molecule has 110 valence electrons. The van der Waals surface area contributed by atoms with Crippen LogP contribution in [0.25, 0.3) is 0 Å². The smallest absolute Gasteiger partial charge is 0.118 e. The van der Waals surface area contributed by atoms with Gasteiger partial charge in [0.2, 0.25) is 0 Å². The summed E-state index contributed by atoms with van der Waals surface area (Å²) in [6.07, 6.45) is 2.78. The summed E-state index contributed by atoms with van der Waals surface area (Å²) in [5, 5.41) is 8.92. The Bertz CT molecular complexity index is 344. The number of hydrogen-bond donors (Lipinski definition) is 2. The zero-order valence-electron chi connectivity index (χ0n) is 13.1. The first-order valence-corrected chi connectivity index (χ1v) is 6.81. The van der Waals surface area contributed by atoms with Gasteiger partial charge in [-0.2, -0.15) is 0 Å². The van der Waals surface area contributed by atoms with Crippen LogP contribution in [0, 0.1) is 12.8 Å². The maximum absolute atomic E-state index is 8.92. The number of para-hydroxylation sites is 1. The molecule has 0 radical (unpaired) electrons. The number of aryl methyl sites for hydroxylation is 1. The molecule has 3 nitrogen and oxygen atoms in total. The Morgan fingerprint density at radius 1 is 1.26 bits per heavy atom. The molecule has 0 aromatic heterocycles. The zero-order chi connectivity index (χ0) is 13.8. The van der Waals surface area contributed by atoms with Crippen molar-refractivity contribution in [3.05, 3.63) is 29.8 Å². The number of benzene rings is 1. The quantitative estimate of drug-likeness (QED) is 0.746. The largest absolute Gasteiger partial charge is 0.508 e. The van der Waals surface area contributed by atoms with Crippen molar-refractivity contribution in [3.63, 3.8) is 0 Å². The molecule has 1 unspecified atom stereocenters. The van der Waals surface area contributed by atoms with Crippen molar-refractivity contribution in [1.29, 1.82) is 0 Å². The minimum Gasteiger partial charge on any atom is -0.508 e. The molecule has 1 atom stereocenters. The summed E-state index contributed by atoms with van der Waals surface area (Å²) in [5.41, 5.74) is 1.35. The Balaban J connectivity index is 0.000000331. The number of rotatable bonds is 0. The minimum atomic E-state index is 0. The lowest BCUT2D eigenvalue weighted by molar-refractivity contribution is 0.0547. The highest BCUT2D eigenvalue weighted by Crippen LogP contribution is 2.31. The number of phenols is 1. The van der Waals surface area contributed by atoms with E-state index in [1.165, 1.54) is 19.4 Å². The first-order chi connectivity index (χ1) is 8.35. The van der Waals surface area contributed by atoms with Crippen molar-refractivity contribution >= 4 is 0 Å². The third-order valence-electron chi connectivity index (χ3n) is 4.44. The summed E-state index contributed by atoms with van der Waals surface area (Å²) in [6.45, 7) is 10.2. The Kier molecular flexibility index (Phi) is 7.09. The van der Waals surface area contributed by atoms with Crippen LogP contribution in [0.3, 0.4) is 0 Å². The van der Waals surface area contributed by atoms with Gasteiger partial charge in [0.1, 0.15) is 5.75 Å². The van der Waals surface area contributed by atoms with Gasteiger partial charge in [-0.25, -0.2) is 0 Å². The van der Waals surface area contributed by atoms with E-state index in [0.29, 0.717) is 11.3 Å². The van der Waals surface area contributed by atoms with Gasteiger partial charge in [-0.15, -0.1) is 0 Å². The number of phenolic OH excluding ortho intramolecular Hbond substituents is 1. The van der Waals surface area contributed by atoms with Gasteiger partial charge in [-0.05, 0) is 64.8 Å². The molecule has 4 N–H and O–H groups in total. The fraction of sp³-hybridized carbons (Fsp3) is 0.625. The normalized spacial score (nSPS) is 21.8. The van der Waals surface area contributed by atoms with Crippen molar-refractivity contribution in [2.24, 2.45) is 5.92 Å². The molecule has 1 heterocycles. The molecule has 0 aliphatic carbocycles. The van der Waals surface area contributed by atoms with Crippen LogP contribution < -0.4 is 6.15 Å². The molecule has 1 fully saturated rings. The second-order valence-corrected chi connectivity index (χ2v) is 5.90. The fourth-order valence-corrected chi connectivity index (χ4v) is 2.22. The highest BCUT2D eigenvalue weighted by molar-refractivity contribution is 5.29. The topological polar surface area (TPSA) is 58.5 Å². The van der Waals surface area contributed by atoms with E-state index in [2.05, 4.69) is 32.7 Å². The molecule has 1 aromatic carbocycles. The van der Waals surface area contributed by atoms with E-state index in [9.17, 15) is 0 Å². The maximum Gasteiger partial charge on any atom is 0.118 e. The van der Waals surface area contributed by atoms with E-state index < -0.39 is 0 Å². The number of nitrogens with zero attached hydrogens (tertiary/aromatic N) is 1. The van der Waals surface area contributed by atoms with E-state index in [1.54, 1.807) is 6.07 Å². The van der Waals surface area contributed by atoms with Crippen LogP contribution in [0.2, 0.25) is 0 Å². The predicted octanol–water partition coefficient (Wildman–Crippen LogP) is 3.99. The number of aromatic hydroxyl groups is 1. The van der Waals surface area contributed by atoms with Gasteiger partial charge in [0.15, 0.2) is 0 Å². The highest BCUT2D eigenvalue weighted by atomic mass is 16.3. The maximum atomic E-state index is 8.92. The van der Waals surface area contributed by atoms with Gasteiger partial charge in [-0.1, -0.05) is 25.1 Å². The van der Waals surface area contributed by atoms with E-state index in [1.807, 2.05) is 25.1 Å². The number of likely N-dealkylation sites (tertiary alicyclic amines) is 1. The molecular formula is C16H30N2O. The summed E-state index contributed by atoms with van der Waals surface area (Å²) < 4.78 is 0. The Morgan fingerprint density at radius 3 is 2.21 bits per heavy atom. The molecule has 1 aliphatic heterocycles. The average Bonchev–Trinajstić information content (AvgIpc) is 2.31. The van der Waals surface area contributed by atoms with Crippen LogP contribution >= 0.6 is 0 Å². The molecule has 0 amide bonds. The van der Waals surface area contributed by atoms with Crippen molar-refractivity contribution in [1.82, 2.24) is 11.1 Å². The van der Waals surface area contributed by atoms with Crippen molar-refractivity contribution in [3.8, 4) is 5.75 Å². The molecule has 0 saturated carbocycles. The summed E-state index contributed by atoms with van der Waals surface area (Å²) in [6, 6.07) is 7.25. The zero-order valence-corrected chi connectivity index (χ0v) is 13.1. The Hall–Kier alpha value is -1.06. The molecule has 0 bridgehead atoms. The molecule has 1 aliphatic rings. The summed E-state index contributed by atoms with van der Waals surface area (Å²) in [5.74, 6) is 1.22. The summed E-state index contributed by atoms with van der Waals surface area (Å²) >= 11 is 0. The van der Waals surface area contributed by atoms with Crippen LogP contribution in [-0.4, -0.2) is 29.1 Å². The second kappa shape index (κ2) is 7.51. The first kappa shape index (κ1) is 17.9. The van der Waals surface area contributed by atoms with E-state index in [0.717, 1.165) is 11.5 Å². The standard InChI is InChI=1S/C9H19N.C7H8O.H3N/c1-8-6-5-7-10(4)9(8,2)3;1-6-4-2-3-5-7(6)8;/h8H,5-7H2,1-4H3;2-5,8H,1H3;1H3. The molecular weight excluding hydrogens is 236 g/mol. The predicted molar refractivity (Wildman–Crippen MR) is 83.0 cm³/mol. The number of hydrogen-bond acceptors (Lipinski definition) is 3. The first-order valence-electron chi connectivity index (χ1n) is 6.81. The van der Waals surface area contributed by atoms with E-state index >= 15 is 0 Å². The molecule has 2 rings (SSSR count). The molecule has 1 aromatic rings. The average molecular weight is 266 g/mol. The lowest BCUT2D eigenvalue weighted by Gasteiger charge is -2.44. The lowest BCUT2D eigenvalue weighted by atomic mass is 9.81. The second-order valence-electron chi connectivity index (χ2n) is 5.90. The lowest BCUT2D eigenvalue weighted by Crippen LogP contribution is -2.49.